The van der Waals surface area contributed by atoms with Crippen molar-refractivity contribution in [2.45, 2.75) is 20.4 Å². The molecule has 0 amide bonds. The fourth-order valence-corrected chi connectivity index (χ4v) is 1.51. The molecule has 0 aliphatic carbocycles. The van der Waals surface area contributed by atoms with Gasteiger partial charge in [-0.15, -0.1) is 0 Å². The summed E-state index contributed by atoms with van der Waals surface area (Å²) in [5.41, 5.74) is 3.16. The molecule has 0 saturated carbocycles. The Kier molecular flexibility index (Phi) is 5.20. The Labute approximate surface area is 96.4 Å². The molecule has 1 aromatic carbocycles. The molecule has 0 bridgehead atoms. The third kappa shape index (κ3) is 3.33. The van der Waals surface area contributed by atoms with Gasteiger partial charge in [0.1, 0.15) is 5.75 Å². The second-order valence-electron chi connectivity index (χ2n) is 3.83. The molecule has 0 saturated heterocycles. The van der Waals surface area contributed by atoms with Gasteiger partial charge in [0.05, 0.1) is 0 Å². The van der Waals surface area contributed by atoms with E-state index in [1.807, 2.05) is 45.0 Å². The molecule has 1 radical (unpaired) electrons. The molecule has 0 atom stereocenters. The van der Waals surface area contributed by atoms with Crippen molar-refractivity contribution in [2.75, 3.05) is 14.1 Å². The minimum Gasteiger partial charge on any atom is -0.507 e. The second-order valence-corrected chi connectivity index (χ2v) is 3.83. The molecule has 81 valence electrons. The van der Waals surface area contributed by atoms with Gasteiger partial charge in [-0.05, 0) is 33.5 Å². The van der Waals surface area contributed by atoms with Crippen molar-refractivity contribution in [1.82, 2.24) is 4.90 Å². The molecule has 1 N–H and O–H groups in total. The van der Waals surface area contributed by atoms with E-state index >= 15 is 0 Å². The summed E-state index contributed by atoms with van der Waals surface area (Å²) >= 11 is 0. The van der Waals surface area contributed by atoms with E-state index in [2.05, 4.69) is 0 Å². The Morgan fingerprint density at radius 3 is 2.29 bits per heavy atom. The van der Waals surface area contributed by atoms with E-state index in [0.717, 1.165) is 17.7 Å². The van der Waals surface area contributed by atoms with Crippen molar-refractivity contribution in [3.8, 4) is 5.75 Å². The molecule has 0 heterocycles. The quantitative estimate of drug-likeness (QED) is 0.803. The third-order valence-electron chi connectivity index (χ3n) is 2.01. The maximum absolute atomic E-state index is 9.74. The van der Waals surface area contributed by atoms with Crippen LogP contribution in [0.2, 0.25) is 0 Å². The van der Waals surface area contributed by atoms with Gasteiger partial charge in [0.15, 0.2) is 0 Å². The van der Waals surface area contributed by atoms with Gasteiger partial charge in [0.25, 0.3) is 0 Å². The zero-order valence-electron chi connectivity index (χ0n) is 9.06. The molecular weight excluding hydrogens is 226 g/mol. The van der Waals surface area contributed by atoms with Gasteiger partial charge in [0, 0.05) is 12.1 Å². The van der Waals surface area contributed by atoms with Crippen LogP contribution >= 0.6 is 0 Å². The number of aryl methyl sites for hydroxylation is 2. The number of benzene rings is 1. The van der Waals surface area contributed by atoms with Crippen molar-refractivity contribution in [2.24, 2.45) is 0 Å². The molecule has 1 aromatic rings. The van der Waals surface area contributed by atoms with Gasteiger partial charge in [-0.3, -0.25) is 0 Å². The first-order chi connectivity index (χ1) is 6.00. The van der Waals surface area contributed by atoms with Crippen LogP contribution in [0.3, 0.4) is 0 Å². The Bertz CT molecular complexity index is 310. The topological polar surface area (TPSA) is 23.5 Å². The summed E-state index contributed by atoms with van der Waals surface area (Å²) < 4.78 is 0. The first kappa shape index (κ1) is 13.5. The fourth-order valence-electron chi connectivity index (χ4n) is 1.51. The number of nitrogens with zero attached hydrogens (tertiary/aromatic N) is 1. The summed E-state index contributed by atoms with van der Waals surface area (Å²) in [5, 5.41) is 9.74. The molecule has 0 aliphatic heterocycles. The van der Waals surface area contributed by atoms with Crippen molar-refractivity contribution < 1.29 is 22.2 Å². The van der Waals surface area contributed by atoms with Crippen LogP contribution in [0.4, 0.5) is 0 Å². The van der Waals surface area contributed by atoms with E-state index in [0.29, 0.717) is 5.75 Å². The van der Waals surface area contributed by atoms with E-state index in [4.69, 9.17) is 0 Å². The zero-order chi connectivity index (χ0) is 10.0. The summed E-state index contributed by atoms with van der Waals surface area (Å²) in [6.07, 6.45) is 0. The predicted octanol–water partition coefficient (Wildman–Crippen LogP) is 2.07. The zero-order valence-corrected chi connectivity index (χ0v) is 10.00. The summed E-state index contributed by atoms with van der Waals surface area (Å²) in [4.78, 5) is 2.05. The molecule has 1 rings (SSSR count). The average molecular weight is 243 g/mol. The van der Waals surface area contributed by atoms with Crippen LogP contribution in [0.25, 0.3) is 0 Å². The normalized spacial score (nSPS) is 10.1. The maximum Gasteiger partial charge on any atom is 2.00 e. The van der Waals surface area contributed by atoms with E-state index in [1.54, 1.807) is 0 Å². The van der Waals surface area contributed by atoms with Gasteiger partial charge >= 0.3 is 17.1 Å². The summed E-state index contributed by atoms with van der Waals surface area (Å²) in [6, 6.07) is 4.02. The Morgan fingerprint density at radius 1 is 1.21 bits per heavy atom. The molecule has 0 aromatic heterocycles. The molecule has 0 aliphatic rings. The van der Waals surface area contributed by atoms with Gasteiger partial charge in [-0.2, -0.15) is 0 Å². The SMILES string of the molecule is Cc1cc(C)c(O)c(CN(C)C)c1.[Cu+2]. The molecule has 14 heavy (non-hydrogen) atoms. The van der Waals surface area contributed by atoms with Crippen LogP contribution in [0, 0.1) is 13.8 Å². The molecule has 2 nitrogen and oxygen atoms in total. The van der Waals surface area contributed by atoms with Crippen molar-refractivity contribution >= 4 is 0 Å². The molecule has 0 unspecified atom stereocenters. The standard InChI is InChI=1S/C11H17NO.Cu/c1-8-5-9(2)11(13)10(6-8)7-12(3)4;/h5-6,13H,7H2,1-4H3;/q;+2. The molecule has 0 spiro atoms. The largest absolute Gasteiger partial charge is 2.00 e. The van der Waals surface area contributed by atoms with E-state index < -0.39 is 0 Å². The van der Waals surface area contributed by atoms with Gasteiger partial charge in [0.2, 0.25) is 0 Å². The predicted molar refractivity (Wildman–Crippen MR) is 55.0 cm³/mol. The number of hydrogen-bond acceptors (Lipinski definition) is 2. The number of aromatic hydroxyl groups is 1. The minimum atomic E-state index is 0. The Morgan fingerprint density at radius 2 is 1.79 bits per heavy atom. The van der Waals surface area contributed by atoms with Gasteiger partial charge in [-0.1, -0.05) is 17.7 Å². The van der Waals surface area contributed by atoms with Gasteiger partial charge in [-0.25, -0.2) is 0 Å². The summed E-state index contributed by atoms with van der Waals surface area (Å²) in [5.74, 6) is 0.430. The van der Waals surface area contributed by atoms with Crippen molar-refractivity contribution in [3.05, 3.63) is 28.8 Å². The van der Waals surface area contributed by atoms with E-state index in [-0.39, 0.29) is 17.1 Å². The fraction of sp³-hybridized carbons (Fsp3) is 0.455. The maximum atomic E-state index is 9.74. The smallest absolute Gasteiger partial charge is 0.507 e. The number of phenolic OH excluding ortho intramolecular Hbond substituents is 1. The average Bonchev–Trinajstić information content (AvgIpc) is 1.98. The summed E-state index contributed by atoms with van der Waals surface area (Å²) in [7, 11) is 3.99. The van der Waals surface area contributed by atoms with Gasteiger partial charge < -0.3 is 10.0 Å². The number of phenols is 1. The minimum absolute atomic E-state index is 0. The third-order valence-corrected chi connectivity index (χ3v) is 2.01. The van der Waals surface area contributed by atoms with Crippen LogP contribution in [0.5, 0.6) is 5.75 Å². The monoisotopic (exact) mass is 242 g/mol. The molecule has 3 heteroatoms. The van der Waals surface area contributed by atoms with Crippen LogP contribution in [0.15, 0.2) is 12.1 Å². The Balaban J connectivity index is 0.00000169. The number of hydrogen-bond donors (Lipinski definition) is 1. The van der Waals surface area contributed by atoms with Crippen molar-refractivity contribution in [1.29, 1.82) is 0 Å². The summed E-state index contributed by atoms with van der Waals surface area (Å²) in [6.45, 7) is 4.77. The molecular formula is C11H17CuNO+2. The van der Waals surface area contributed by atoms with Crippen molar-refractivity contribution in [3.63, 3.8) is 0 Å². The first-order valence-electron chi connectivity index (χ1n) is 4.44. The first-order valence-corrected chi connectivity index (χ1v) is 4.44. The molecule has 0 fully saturated rings. The van der Waals surface area contributed by atoms with E-state index in [1.165, 1.54) is 5.56 Å². The van der Waals surface area contributed by atoms with Crippen LogP contribution in [0.1, 0.15) is 16.7 Å². The second kappa shape index (κ2) is 5.40. The number of rotatable bonds is 2. The van der Waals surface area contributed by atoms with E-state index in [9.17, 15) is 5.11 Å². The van der Waals surface area contributed by atoms with Crippen LogP contribution in [-0.2, 0) is 23.6 Å². The van der Waals surface area contributed by atoms with Crippen LogP contribution < -0.4 is 0 Å². The van der Waals surface area contributed by atoms with Crippen LogP contribution in [-0.4, -0.2) is 24.1 Å². The Hall–Kier alpha value is -0.501.